The first kappa shape index (κ1) is 18.1. The molecule has 0 radical (unpaired) electrons. The number of nitrogens with one attached hydrogen (secondary N) is 1. The third-order valence-electron chi connectivity index (χ3n) is 4.94. The minimum absolute atomic E-state index is 0.0204. The molecule has 3 aromatic rings. The molecule has 146 valence electrons. The van der Waals surface area contributed by atoms with Gasteiger partial charge in [0.2, 0.25) is 17.7 Å². The molecule has 1 aliphatic rings. The van der Waals surface area contributed by atoms with Crippen LogP contribution in [0.1, 0.15) is 26.2 Å². The highest BCUT2D eigenvalue weighted by molar-refractivity contribution is 5.77. The first-order chi connectivity index (χ1) is 13.6. The Hall–Kier alpha value is -3.30. The quantitative estimate of drug-likeness (QED) is 0.625. The van der Waals surface area contributed by atoms with Crippen molar-refractivity contribution in [3.63, 3.8) is 0 Å². The number of hydrogen-bond acceptors (Lipinski definition) is 8. The van der Waals surface area contributed by atoms with Gasteiger partial charge in [0.05, 0.1) is 24.7 Å². The van der Waals surface area contributed by atoms with E-state index >= 15 is 0 Å². The second-order valence-electron chi connectivity index (χ2n) is 6.85. The Morgan fingerprint density at radius 1 is 1.32 bits per heavy atom. The molecule has 3 heterocycles. The van der Waals surface area contributed by atoms with E-state index < -0.39 is 0 Å². The van der Waals surface area contributed by atoms with Crippen LogP contribution in [0, 0.1) is 11.8 Å². The summed E-state index contributed by atoms with van der Waals surface area (Å²) in [4.78, 5) is 24.4. The van der Waals surface area contributed by atoms with Crippen molar-refractivity contribution >= 4 is 23.0 Å². The van der Waals surface area contributed by atoms with Gasteiger partial charge in [-0.1, -0.05) is 5.21 Å². The Morgan fingerprint density at radius 3 is 2.93 bits per heavy atom. The van der Waals surface area contributed by atoms with Crippen molar-refractivity contribution in [3.8, 4) is 11.6 Å². The van der Waals surface area contributed by atoms with E-state index in [1.807, 2.05) is 13.0 Å². The normalized spacial score (nSPS) is 19.0. The zero-order chi connectivity index (χ0) is 19.5. The third kappa shape index (κ3) is 3.71. The number of carbonyl (C=O) groups is 1. The van der Waals surface area contributed by atoms with Gasteiger partial charge < -0.3 is 15.8 Å². The van der Waals surface area contributed by atoms with Crippen molar-refractivity contribution in [1.29, 1.82) is 0 Å². The Balaban J connectivity index is 1.49. The lowest BCUT2D eigenvalue weighted by atomic mass is 10.0. The molecule has 2 atom stereocenters. The van der Waals surface area contributed by atoms with Crippen LogP contribution in [0.3, 0.4) is 0 Å². The summed E-state index contributed by atoms with van der Waals surface area (Å²) in [5, 5.41) is 11.5. The number of primary amides is 1. The largest absolute Gasteiger partial charge is 0.478 e. The van der Waals surface area contributed by atoms with Crippen LogP contribution >= 0.6 is 0 Å². The van der Waals surface area contributed by atoms with Gasteiger partial charge in [0.1, 0.15) is 0 Å². The molecule has 0 spiro atoms. The minimum Gasteiger partial charge on any atom is -0.478 e. The highest BCUT2D eigenvalue weighted by Crippen LogP contribution is 2.30. The molecule has 1 amide bonds. The number of ether oxygens (including phenoxy) is 1. The number of pyridine rings is 1. The van der Waals surface area contributed by atoms with Crippen LogP contribution < -0.4 is 15.8 Å². The molecule has 0 saturated heterocycles. The van der Waals surface area contributed by atoms with Crippen molar-refractivity contribution in [1.82, 2.24) is 29.9 Å². The van der Waals surface area contributed by atoms with Crippen LogP contribution in [0.2, 0.25) is 0 Å². The van der Waals surface area contributed by atoms with Crippen molar-refractivity contribution in [3.05, 3.63) is 24.5 Å². The Labute approximate surface area is 161 Å². The summed E-state index contributed by atoms with van der Waals surface area (Å²) in [6, 6.07) is 3.63. The number of aromatic nitrogens is 6. The average molecular weight is 382 g/mol. The number of rotatable bonds is 7. The molecule has 0 aromatic carbocycles. The van der Waals surface area contributed by atoms with E-state index in [0.717, 1.165) is 24.9 Å². The fourth-order valence-electron chi connectivity index (χ4n) is 3.47. The summed E-state index contributed by atoms with van der Waals surface area (Å²) in [7, 11) is 0. The molecule has 0 bridgehead atoms. The highest BCUT2D eigenvalue weighted by Gasteiger charge is 2.28. The van der Waals surface area contributed by atoms with Gasteiger partial charge in [0.25, 0.3) is 0 Å². The predicted octanol–water partition coefficient (Wildman–Crippen LogP) is 1.32. The van der Waals surface area contributed by atoms with Crippen LogP contribution in [-0.2, 0) is 4.79 Å². The number of hydrogen-bond donors (Lipinski definition) is 2. The fourth-order valence-corrected chi connectivity index (χ4v) is 3.47. The lowest BCUT2D eigenvalue weighted by molar-refractivity contribution is -0.121. The first-order valence-corrected chi connectivity index (χ1v) is 9.35. The van der Waals surface area contributed by atoms with Gasteiger partial charge in [-0.05, 0) is 38.2 Å². The number of carbonyl (C=O) groups excluding carboxylic acids is 1. The molecule has 10 heteroatoms. The van der Waals surface area contributed by atoms with Crippen molar-refractivity contribution < 1.29 is 9.53 Å². The summed E-state index contributed by atoms with van der Waals surface area (Å²) in [6.45, 7) is 3.16. The molecule has 1 unspecified atom stereocenters. The van der Waals surface area contributed by atoms with E-state index in [4.69, 9.17) is 10.5 Å². The summed E-state index contributed by atoms with van der Waals surface area (Å²) < 4.78 is 6.98. The SMILES string of the molecule is CCOc1ccc(-n2nnc3cnc(NCC4CC[C@@H](C(N)=O)C4)nc32)cn1. The van der Waals surface area contributed by atoms with Crippen LogP contribution in [-0.4, -0.2) is 49.0 Å². The van der Waals surface area contributed by atoms with Gasteiger partial charge in [-0.15, -0.1) is 5.10 Å². The maximum atomic E-state index is 11.3. The standard InChI is InChI=1S/C18H22N8O2/c1-2-28-15-6-5-13(9-20-15)26-17-14(24-25-26)10-22-18(23-17)21-8-11-3-4-12(7-11)16(19)27/h5-6,9-12H,2-4,7-8H2,1H3,(H2,19,27)(H,21,22,23)/t11?,12-/m1/s1. The van der Waals surface area contributed by atoms with Crippen LogP contribution in [0.4, 0.5) is 5.95 Å². The number of fused-ring (bicyclic) bond motifs is 1. The molecule has 1 saturated carbocycles. The first-order valence-electron chi connectivity index (χ1n) is 9.35. The van der Waals surface area contributed by atoms with Crippen LogP contribution in [0.25, 0.3) is 16.9 Å². The lowest BCUT2D eigenvalue weighted by Gasteiger charge is -2.11. The molecular weight excluding hydrogens is 360 g/mol. The minimum atomic E-state index is -0.209. The van der Waals surface area contributed by atoms with E-state index in [2.05, 4.69) is 30.6 Å². The summed E-state index contributed by atoms with van der Waals surface area (Å²) in [5.74, 6) is 1.21. The second kappa shape index (κ2) is 7.75. The third-order valence-corrected chi connectivity index (χ3v) is 4.94. The molecule has 10 nitrogen and oxygen atoms in total. The van der Waals surface area contributed by atoms with Crippen molar-refractivity contribution in [2.24, 2.45) is 17.6 Å². The van der Waals surface area contributed by atoms with Crippen LogP contribution in [0.15, 0.2) is 24.5 Å². The second-order valence-corrected chi connectivity index (χ2v) is 6.85. The highest BCUT2D eigenvalue weighted by atomic mass is 16.5. The van der Waals surface area contributed by atoms with E-state index in [1.165, 1.54) is 0 Å². The zero-order valence-corrected chi connectivity index (χ0v) is 15.6. The van der Waals surface area contributed by atoms with Gasteiger partial charge >= 0.3 is 0 Å². The maximum absolute atomic E-state index is 11.3. The van der Waals surface area contributed by atoms with Gasteiger partial charge in [-0.25, -0.2) is 9.97 Å². The number of anilines is 1. The Morgan fingerprint density at radius 2 is 2.21 bits per heavy atom. The molecular formula is C18H22N8O2. The van der Waals surface area contributed by atoms with Crippen molar-refractivity contribution in [2.75, 3.05) is 18.5 Å². The zero-order valence-electron chi connectivity index (χ0n) is 15.6. The van der Waals surface area contributed by atoms with Crippen molar-refractivity contribution in [2.45, 2.75) is 26.2 Å². The van der Waals surface area contributed by atoms with Gasteiger partial charge in [0.15, 0.2) is 11.2 Å². The molecule has 1 fully saturated rings. The van der Waals surface area contributed by atoms with E-state index in [0.29, 0.717) is 42.1 Å². The molecule has 3 aromatic heterocycles. The Kier molecular flexibility index (Phi) is 5.00. The lowest BCUT2D eigenvalue weighted by Crippen LogP contribution is -2.21. The smallest absolute Gasteiger partial charge is 0.224 e. The molecule has 1 aliphatic carbocycles. The molecule has 3 N–H and O–H groups in total. The summed E-state index contributed by atoms with van der Waals surface area (Å²) in [6.07, 6.45) is 5.93. The number of nitrogens with zero attached hydrogens (tertiary/aromatic N) is 6. The molecule has 28 heavy (non-hydrogen) atoms. The van der Waals surface area contributed by atoms with Gasteiger partial charge in [-0.2, -0.15) is 9.67 Å². The number of nitrogens with two attached hydrogens (primary N) is 1. The van der Waals surface area contributed by atoms with E-state index in [9.17, 15) is 4.79 Å². The van der Waals surface area contributed by atoms with Gasteiger partial charge in [-0.3, -0.25) is 4.79 Å². The predicted molar refractivity (Wildman–Crippen MR) is 102 cm³/mol. The van der Waals surface area contributed by atoms with E-state index in [1.54, 1.807) is 23.1 Å². The maximum Gasteiger partial charge on any atom is 0.224 e. The van der Waals surface area contributed by atoms with Crippen LogP contribution in [0.5, 0.6) is 5.88 Å². The monoisotopic (exact) mass is 382 g/mol. The number of amides is 1. The molecule has 0 aliphatic heterocycles. The van der Waals surface area contributed by atoms with E-state index in [-0.39, 0.29) is 11.8 Å². The Bertz CT molecular complexity index is 971. The fraction of sp³-hybridized carbons (Fsp3) is 0.444. The summed E-state index contributed by atoms with van der Waals surface area (Å²) >= 11 is 0. The molecule has 4 rings (SSSR count). The average Bonchev–Trinajstić information content (AvgIpc) is 3.34. The summed E-state index contributed by atoms with van der Waals surface area (Å²) in [5.41, 5.74) is 7.31. The van der Waals surface area contributed by atoms with Gasteiger partial charge in [0, 0.05) is 18.5 Å². The topological polar surface area (TPSA) is 134 Å².